The van der Waals surface area contributed by atoms with E-state index in [1.807, 2.05) is 30.3 Å². The standard InChI is InChI=1S/C20H17N5O3S/c1-12-23-24-20(29-12)22-19(28)21-11-16(13-7-3-2-4-8-13)25-17(26)14-9-5-6-10-15(14)18(25)27/h2-10,16H,11H2,1H3,(H2,21,22,24,28). The Bertz CT molecular complexity index is 1050. The fourth-order valence-electron chi connectivity index (χ4n) is 3.20. The molecule has 9 heteroatoms. The maximum absolute atomic E-state index is 12.9. The zero-order chi connectivity index (χ0) is 20.4. The van der Waals surface area contributed by atoms with Gasteiger partial charge in [-0.2, -0.15) is 0 Å². The van der Waals surface area contributed by atoms with E-state index >= 15 is 0 Å². The molecule has 8 nitrogen and oxygen atoms in total. The highest BCUT2D eigenvalue weighted by Gasteiger charge is 2.40. The lowest BCUT2D eigenvalue weighted by atomic mass is 10.1. The number of fused-ring (bicyclic) bond motifs is 1. The summed E-state index contributed by atoms with van der Waals surface area (Å²) in [6.45, 7) is 1.84. The van der Waals surface area contributed by atoms with Crippen LogP contribution in [0.15, 0.2) is 54.6 Å². The number of nitrogens with zero attached hydrogens (tertiary/aromatic N) is 3. The zero-order valence-electron chi connectivity index (χ0n) is 15.5. The molecule has 0 bridgehead atoms. The molecule has 2 aromatic carbocycles. The van der Waals surface area contributed by atoms with Crippen molar-refractivity contribution in [3.8, 4) is 0 Å². The van der Waals surface area contributed by atoms with E-state index in [1.54, 1.807) is 31.2 Å². The monoisotopic (exact) mass is 407 g/mol. The summed E-state index contributed by atoms with van der Waals surface area (Å²) in [4.78, 5) is 39.3. The quantitative estimate of drug-likeness (QED) is 0.633. The van der Waals surface area contributed by atoms with Crippen LogP contribution < -0.4 is 10.6 Å². The summed E-state index contributed by atoms with van der Waals surface area (Å²) < 4.78 is 0. The van der Waals surface area contributed by atoms with Gasteiger partial charge in [0.25, 0.3) is 11.8 Å². The molecule has 0 saturated carbocycles. The summed E-state index contributed by atoms with van der Waals surface area (Å²) in [6, 6.07) is 14.7. The van der Waals surface area contributed by atoms with Gasteiger partial charge in [0.15, 0.2) is 0 Å². The summed E-state index contributed by atoms with van der Waals surface area (Å²) in [6.07, 6.45) is 0. The molecule has 0 fully saturated rings. The van der Waals surface area contributed by atoms with Crippen molar-refractivity contribution in [2.24, 2.45) is 0 Å². The molecule has 2 heterocycles. The number of hydrogen-bond donors (Lipinski definition) is 2. The minimum absolute atomic E-state index is 0.0547. The number of nitrogens with one attached hydrogen (secondary N) is 2. The fraction of sp³-hybridized carbons (Fsp3) is 0.150. The van der Waals surface area contributed by atoms with Crippen LogP contribution in [0, 0.1) is 6.92 Å². The summed E-state index contributed by atoms with van der Waals surface area (Å²) in [7, 11) is 0. The Hall–Kier alpha value is -3.59. The number of urea groups is 1. The van der Waals surface area contributed by atoms with Crippen LogP contribution in [0.5, 0.6) is 0 Å². The third-order valence-corrected chi connectivity index (χ3v) is 5.28. The molecule has 1 atom stereocenters. The Labute approximate surface area is 170 Å². The Morgan fingerprint density at radius 1 is 1.00 bits per heavy atom. The molecule has 4 rings (SSSR count). The number of carbonyl (C=O) groups excluding carboxylic acids is 3. The maximum atomic E-state index is 12.9. The van der Waals surface area contributed by atoms with E-state index in [2.05, 4.69) is 20.8 Å². The van der Waals surface area contributed by atoms with Gasteiger partial charge >= 0.3 is 6.03 Å². The highest BCUT2D eigenvalue weighted by atomic mass is 32.1. The lowest BCUT2D eigenvalue weighted by molar-refractivity contribution is 0.0582. The lowest BCUT2D eigenvalue weighted by Gasteiger charge is -2.27. The molecule has 0 aliphatic carbocycles. The van der Waals surface area contributed by atoms with E-state index < -0.39 is 12.1 Å². The van der Waals surface area contributed by atoms with E-state index in [0.29, 0.717) is 16.3 Å². The van der Waals surface area contributed by atoms with Gasteiger partial charge in [-0.1, -0.05) is 53.8 Å². The summed E-state index contributed by atoms with van der Waals surface area (Å²) in [5.74, 6) is -0.747. The average Bonchev–Trinajstić information content (AvgIpc) is 3.25. The van der Waals surface area contributed by atoms with Crippen molar-refractivity contribution >= 4 is 34.3 Å². The highest BCUT2D eigenvalue weighted by molar-refractivity contribution is 7.15. The first-order chi connectivity index (χ1) is 14.0. The molecular formula is C20H17N5O3S. The third kappa shape index (κ3) is 3.72. The van der Waals surface area contributed by atoms with Gasteiger partial charge in [0.05, 0.1) is 17.2 Å². The van der Waals surface area contributed by atoms with Crippen molar-refractivity contribution in [1.29, 1.82) is 0 Å². The normalized spacial score (nSPS) is 13.9. The first-order valence-corrected chi connectivity index (χ1v) is 9.73. The first kappa shape index (κ1) is 18.8. The smallest absolute Gasteiger partial charge is 0.321 e. The van der Waals surface area contributed by atoms with Gasteiger partial charge in [0, 0.05) is 6.54 Å². The van der Waals surface area contributed by atoms with E-state index in [1.165, 1.54) is 16.2 Å². The van der Waals surface area contributed by atoms with Crippen molar-refractivity contribution < 1.29 is 14.4 Å². The van der Waals surface area contributed by atoms with Crippen molar-refractivity contribution in [1.82, 2.24) is 20.4 Å². The molecular weight excluding hydrogens is 390 g/mol. The van der Waals surface area contributed by atoms with Crippen LogP contribution in [-0.4, -0.2) is 39.5 Å². The van der Waals surface area contributed by atoms with Crippen molar-refractivity contribution in [3.05, 3.63) is 76.3 Å². The minimum atomic E-state index is -0.648. The highest BCUT2D eigenvalue weighted by Crippen LogP contribution is 2.31. The molecule has 0 saturated heterocycles. The van der Waals surface area contributed by atoms with Crippen LogP contribution in [0.3, 0.4) is 0 Å². The van der Waals surface area contributed by atoms with E-state index in [9.17, 15) is 14.4 Å². The van der Waals surface area contributed by atoms with Crippen molar-refractivity contribution in [3.63, 3.8) is 0 Å². The predicted octanol–water partition coefficient (Wildman–Crippen LogP) is 3.01. The Morgan fingerprint density at radius 3 is 2.21 bits per heavy atom. The molecule has 0 radical (unpaired) electrons. The third-order valence-electron chi connectivity index (χ3n) is 4.52. The zero-order valence-corrected chi connectivity index (χ0v) is 16.3. The van der Waals surface area contributed by atoms with Crippen molar-refractivity contribution in [2.45, 2.75) is 13.0 Å². The minimum Gasteiger partial charge on any atom is -0.335 e. The van der Waals surface area contributed by atoms with Crippen LogP contribution in [0.2, 0.25) is 0 Å². The Morgan fingerprint density at radius 2 is 1.62 bits per heavy atom. The number of anilines is 1. The number of amides is 4. The number of benzene rings is 2. The molecule has 2 N–H and O–H groups in total. The molecule has 1 aliphatic rings. The van der Waals surface area contributed by atoms with Gasteiger partial charge in [-0.15, -0.1) is 10.2 Å². The average molecular weight is 407 g/mol. The van der Waals surface area contributed by atoms with Gasteiger partial charge in [-0.25, -0.2) is 4.79 Å². The van der Waals surface area contributed by atoms with Crippen LogP contribution in [-0.2, 0) is 0 Å². The van der Waals surface area contributed by atoms with E-state index in [0.717, 1.165) is 10.6 Å². The van der Waals surface area contributed by atoms with E-state index in [4.69, 9.17) is 0 Å². The topological polar surface area (TPSA) is 104 Å². The number of imide groups is 1. The van der Waals surface area contributed by atoms with Crippen molar-refractivity contribution in [2.75, 3.05) is 11.9 Å². The van der Waals surface area contributed by atoms with Crippen LogP contribution in [0.1, 0.15) is 37.3 Å². The Kier molecular flexibility index (Phi) is 5.05. The SMILES string of the molecule is Cc1nnc(NC(=O)NCC(c2ccccc2)N2C(=O)c3ccccc3C2=O)s1. The van der Waals surface area contributed by atoms with Gasteiger partial charge in [0.2, 0.25) is 5.13 Å². The van der Waals surface area contributed by atoms with E-state index in [-0.39, 0.29) is 18.4 Å². The van der Waals surface area contributed by atoms with Gasteiger partial charge in [-0.3, -0.25) is 19.8 Å². The molecule has 1 aromatic heterocycles. The predicted molar refractivity (Wildman–Crippen MR) is 108 cm³/mol. The van der Waals surface area contributed by atoms with Crippen LogP contribution in [0.25, 0.3) is 0 Å². The second-order valence-electron chi connectivity index (χ2n) is 6.41. The molecule has 146 valence electrons. The molecule has 1 aliphatic heterocycles. The summed E-state index contributed by atoms with van der Waals surface area (Å²) in [5.41, 5.74) is 1.48. The summed E-state index contributed by atoms with van der Waals surface area (Å²) in [5, 5.41) is 14.1. The second-order valence-corrected chi connectivity index (χ2v) is 7.60. The van der Waals surface area contributed by atoms with Gasteiger partial charge in [0.1, 0.15) is 5.01 Å². The molecule has 1 unspecified atom stereocenters. The Balaban J connectivity index is 1.56. The number of aryl methyl sites for hydroxylation is 1. The number of rotatable bonds is 5. The molecule has 3 aromatic rings. The molecule has 0 spiro atoms. The number of aromatic nitrogens is 2. The molecule has 29 heavy (non-hydrogen) atoms. The first-order valence-electron chi connectivity index (χ1n) is 8.91. The van der Waals surface area contributed by atoms with Crippen LogP contribution in [0.4, 0.5) is 9.93 Å². The maximum Gasteiger partial charge on any atom is 0.321 e. The van der Waals surface area contributed by atoms with Gasteiger partial charge in [-0.05, 0) is 24.6 Å². The number of hydrogen-bond acceptors (Lipinski definition) is 6. The molecule has 4 amide bonds. The van der Waals surface area contributed by atoms with Gasteiger partial charge < -0.3 is 5.32 Å². The number of carbonyl (C=O) groups is 3. The fourth-order valence-corrected chi connectivity index (χ4v) is 3.79. The van der Waals surface area contributed by atoms with Crippen LogP contribution >= 0.6 is 11.3 Å². The second kappa shape index (κ2) is 7.80. The lowest BCUT2D eigenvalue weighted by Crippen LogP contribution is -2.42. The summed E-state index contributed by atoms with van der Waals surface area (Å²) >= 11 is 1.25. The largest absolute Gasteiger partial charge is 0.335 e.